The van der Waals surface area contributed by atoms with Crippen LogP contribution < -0.4 is 0 Å². The monoisotopic (exact) mass is 336 g/mol. The first kappa shape index (κ1) is 22.0. The van der Waals surface area contributed by atoms with Crippen LogP contribution in [-0.4, -0.2) is 0 Å². The van der Waals surface area contributed by atoms with Gasteiger partial charge in [0, 0.05) is 0 Å². The zero-order valence-electron chi connectivity index (χ0n) is 18.2. The third-order valence-corrected chi connectivity index (χ3v) is 8.00. The topological polar surface area (TPSA) is 0 Å². The maximum absolute atomic E-state index is 2.59. The fraction of sp³-hybridized carbons (Fsp3) is 1.00. The Hall–Kier alpha value is 0. The van der Waals surface area contributed by atoms with E-state index in [0.29, 0.717) is 10.8 Å². The molecule has 4 atom stereocenters. The molecule has 0 nitrogen and oxygen atoms in total. The summed E-state index contributed by atoms with van der Waals surface area (Å²) in [5.41, 5.74) is 1.12. The van der Waals surface area contributed by atoms with Gasteiger partial charge in [-0.2, -0.15) is 0 Å². The van der Waals surface area contributed by atoms with Crippen LogP contribution in [0.1, 0.15) is 126 Å². The minimum Gasteiger partial charge on any atom is -0.0651 e. The quantitative estimate of drug-likeness (QED) is 0.482. The minimum atomic E-state index is 0.527. The molecule has 0 spiro atoms. The SMILES string of the molecule is CCC(C)C1(C)CCCCCCC(C(C)(C)CC)CC(C)CCC1. The van der Waals surface area contributed by atoms with E-state index >= 15 is 0 Å². The summed E-state index contributed by atoms with van der Waals surface area (Å²) in [6.07, 6.45) is 17.2. The van der Waals surface area contributed by atoms with Crippen LogP contribution >= 0.6 is 0 Å². The summed E-state index contributed by atoms with van der Waals surface area (Å²) < 4.78 is 0. The Balaban J connectivity index is 2.74. The molecule has 0 aromatic rings. The first-order valence-electron chi connectivity index (χ1n) is 11.2. The van der Waals surface area contributed by atoms with Gasteiger partial charge in [-0.3, -0.25) is 0 Å². The predicted molar refractivity (Wildman–Crippen MR) is 110 cm³/mol. The maximum atomic E-state index is 2.59. The molecular weight excluding hydrogens is 288 g/mol. The van der Waals surface area contributed by atoms with Crippen molar-refractivity contribution in [2.24, 2.45) is 28.6 Å². The minimum absolute atomic E-state index is 0.527. The van der Waals surface area contributed by atoms with Gasteiger partial charge < -0.3 is 0 Å². The summed E-state index contributed by atoms with van der Waals surface area (Å²) in [5, 5.41) is 0. The third kappa shape index (κ3) is 6.72. The molecule has 0 heterocycles. The number of rotatable bonds is 4. The molecule has 0 aromatic carbocycles. The molecule has 0 radical (unpaired) electrons. The smallest absolute Gasteiger partial charge is 0.0300 e. The second kappa shape index (κ2) is 10.2. The van der Waals surface area contributed by atoms with Gasteiger partial charge in [0.15, 0.2) is 0 Å². The van der Waals surface area contributed by atoms with E-state index in [4.69, 9.17) is 0 Å². The Morgan fingerprint density at radius 3 is 2.21 bits per heavy atom. The van der Waals surface area contributed by atoms with Crippen molar-refractivity contribution in [3.63, 3.8) is 0 Å². The van der Waals surface area contributed by atoms with Crippen LogP contribution in [0.15, 0.2) is 0 Å². The highest BCUT2D eigenvalue weighted by atomic mass is 14.4. The predicted octanol–water partition coefficient (Wildman–Crippen LogP) is 8.64. The van der Waals surface area contributed by atoms with Gasteiger partial charge in [0.2, 0.25) is 0 Å². The first-order chi connectivity index (χ1) is 11.2. The fourth-order valence-electron chi connectivity index (χ4n) is 4.96. The summed E-state index contributed by atoms with van der Waals surface area (Å²) in [5.74, 6) is 2.71. The molecular formula is C24H48. The van der Waals surface area contributed by atoms with Gasteiger partial charge in [0.05, 0.1) is 0 Å². The second-order valence-electron chi connectivity index (χ2n) is 10.2. The lowest BCUT2D eigenvalue weighted by Gasteiger charge is -2.37. The Morgan fingerprint density at radius 2 is 1.58 bits per heavy atom. The molecule has 0 N–H and O–H groups in total. The zero-order valence-corrected chi connectivity index (χ0v) is 18.2. The van der Waals surface area contributed by atoms with Crippen molar-refractivity contribution in [3.05, 3.63) is 0 Å². The van der Waals surface area contributed by atoms with Crippen LogP contribution in [0.5, 0.6) is 0 Å². The molecule has 4 unspecified atom stereocenters. The second-order valence-corrected chi connectivity index (χ2v) is 10.2. The van der Waals surface area contributed by atoms with Crippen LogP contribution in [0.2, 0.25) is 0 Å². The number of hydrogen-bond donors (Lipinski definition) is 0. The van der Waals surface area contributed by atoms with Crippen LogP contribution in [0.25, 0.3) is 0 Å². The number of hydrogen-bond acceptors (Lipinski definition) is 0. The molecule has 0 bridgehead atoms. The summed E-state index contributed by atoms with van der Waals surface area (Å²) in [6.45, 7) is 17.4. The van der Waals surface area contributed by atoms with Crippen LogP contribution in [0.3, 0.4) is 0 Å². The molecule has 1 aliphatic rings. The maximum Gasteiger partial charge on any atom is -0.0300 e. The van der Waals surface area contributed by atoms with E-state index in [1.165, 1.54) is 77.0 Å². The molecule has 0 saturated heterocycles. The van der Waals surface area contributed by atoms with Crippen molar-refractivity contribution in [1.82, 2.24) is 0 Å². The molecule has 1 saturated carbocycles. The van der Waals surface area contributed by atoms with Crippen molar-refractivity contribution >= 4 is 0 Å². The fourth-order valence-corrected chi connectivity index (χ4v) is 4.96. The van der Waals surface area contributed by atoms with E-state index in [1.807, 2.05) is 0 Å². The largest absolute Gasteiger partial charge is 0.0651 e. The summed E-state index contributed by atoms with van der Waals surface area (Å²) in [6, 6.07) is 0. The summed E-state index contributed by atoms with van der Waals surface area (Å²) in [7, 11) is 0. The van der Waals surface area contributed by atoms with Crippen molar-refractivity contribution in [2.75, 3.05) is 0 Å². The highest BCUT2D eigenvalue weighted by molar-refractivity contribution is 4.82. The lowest BCUT2D eigenvalue weighted by molar-refractivity contribution is 0.140. The van der Waals surface area contributed by atoms with Gasteiger partial charge >= 0.3 is 0 Å². The normalized spacial score (nSPS) is 33.1. The van der Waals surface area contributed by atoms with Crippen LogP contribution in [0, 0.1) is 28.6 Å². The average Bonchev–Trinajstić information content (AvgIpc) is 2.56. The Bertz CT molecular complexity index is 329. The third-order valence-electron chi connectivity index (χ3n) is 8.00. The lowest BCUT2D eigenvalue weighted by atomic mass is 9.69. The van der Waals surface area contributed by atoms with Crippen molar-refractivity contribution in [2.45, 2.75) is 126 Å². The van der Waals surface area contributed by atoms with E-state index in [-0.39, 0.29) is 0 Å². The molecule has 144 valence electrons. The average molecular weight is 337 g/mol. The van der Waals surface area contributed by atoms with Gasteiger partial charge in [-0.05, 0) is 54.3 Å². The molecule has 1 fully saturated rings. The van der Waals surface area contributed by atoms with Crippen LogP contribution in [0.4, 0.5) is 0 Å². The molecule has 0 heteroatoms. The standard InChI is InChI=1S/C24H48/c1-8-21(4)24(7)17-13-11-10-12-16-22(23(5,6)9-2)19-20(3)15-14-18-24/h20-22H,8-19H2,1-7H3. The van der Waals surface area contributed by atoms with E-state index < -0.39 is 0 Å². The highest BCUT2D eigenvalue weighted by Gasteiger charge is 2.31. The Labute approximate surface area is 154 Å². The molecule has 1 rings (SSSR count). The van der Waals surface area contributed by atoms with E-state index in [0.717, 1.165) is 17.8 Å². The Kier molecular flexibility index (Phi) is 9.39. The van der Waals surface area contributed by atoms with Crippen molar-refractivity contribution in [3.8, 4) is 0 Å². The van der Waals surface area contributed by atoms with Gasteiger partial charge in [-0.15, -0.1) is 0 Å². The van der Waals surface area contributed by atoms with E-state index in [1.54, 1.807) is 0 Å². The molecule has 0 aliphatic heterocycles. The molecule has 1 aliphatic carbocycles. The highest BCUT2D eigenvalue weighted by Crippen LogP contribution is 2.43. The zero-order chi connectivity index (χ0) is 18.2. The van der Waals surface area contributed by atoms with Crippen molar-refractivity contribution in [1.29, 1.82) is 0 Å². The molecule has 0 aromatic heterocycles. The Morgan fingerprint density at radius 1 is 0.958 bits per heavy atom. The van der Waals surface area contributed by atoms with E-state index in [9.17, 15) is 0 Å². The van der Waals surface area contributed by atoms with Gasteiger partial charge in [-0.1, -0.05) is 99.8 Å². The van der Waals surface area contributed by atoms with Crippen molar-refractivity contribution < 1.29 is 0 Å². The van der Waals surface area contributed by atoms with E-state index in [2.05, 4.69) is 48.5 Å². The summed E-state index contributed by atoms with van der Waals surface area (Å²) >= 11 is 0. The van der Waals surface area contributed by atoms with Crippen LogP contribution in [-0.2, 0) is 0 Å². The van der Waals surface area contributed by atoms with Gasteiger partial charge in [-0.25, -0.2) is 0 Å². The lowest BCUT2D eigenvalue weighted by Crippen LogP contribution is -2.26. The molecule has 24 heavy (non-hydrogen) atoms. The van der Waals surface area contributed by atoms with Gasteiger partial charge in [0.1, 0.15) is 0 Å². The molecule has 0 amide bonds. The van der Waals surface area contributed by atoms with Gasteiger partial charge in [0.25, 0.3) is 0 Å². The first-order valence-corrected chi connectivity index (χ1v) is 11.2. The summed E-state index contributed by atoms with van der Waals surface area (Å²) in [4.78, 5) is 0.